The molecule has 0 bridgehead atoms. The number of carboxylic acids is 1. The van der Waals surface area contributed by atoms with Crippen LogP contribution in [0.2, 0.25) is 0 Å². The molecule has 0 aromatic rings. The summed E-state index contributed by atoms with van der Waals surface area (Å²) in [5.41, 5.74) is 1.32. The Kier molecular flexibility index (Phi) is 3.81. The van der Waals surface area contributed by atoms with Crippen LogP contribution in [0.4, 0.5) is 0 Å². The molecule has 1 saturated carbocycles. The van der Waals surface area contributed by atoms with Gasteiger partial charge in [-0.25, -0.2) is 0 Å². The second-order valence-corrected chi connectivity index (χ2v) is 6.98. The molecule has 0 aromatic carbocycles. The Labute approximate surface area is 130 Å². The Hall–Kier alpha value is -1.33. The van der Waals surface area contributed by atoms with Crippen LogP contribution in [0.3, 0.4) is 0 Å². The van der Waals surface area contributed by atoms with E-state index in [1.54, 1.807) is 14.0 Å². The normalized spacial score (nSPS) is 40.8. The Morgan fingerprint density at radius 3 is 2.77 bits per heavy atom. The molecule has 0 unspecified atom stereocenters. The zero-order valence-electron chi connectivity index (χ0n) is 13.1. The standard InChI is InChI=1S/C17H24O5/c1-17(16(20)21)6-5-13(19)14-10-4-3-9(22-2)7-11(10)12(8-18)15(14)17/h3,12-15,18-19H,4-8H2,1-2H3,(H,20,21)/t12-,13-,14+,15+,17-/m1/s1. The van der Waals surface area contributed by atoms with Gasteiger partial charge in [0.1, 0.15) is 0 Å². The van der Waals surface area contributed by atoms with E-state index < -0.39 is 17.5 Å². The number of aliphatic carboxylic acids is 1. The largest absolute Gasteiger partial charge is 0.501 e. The van der Waals surface area contributed by atoms with Crippen LogP contribution < -0.4 is 0 Å². The summed E-state index contributed by atoms with van der Waals surface area (Å²) in [6, 6.07) is 0. The topological polar surface area (TPSA) is 87.0 Å². The highest BCUT2D eigenvalue weighted by Crippen LogP contribution is 2.59. The Balaban J connectivity index is 2.03. The smallest absolute Gasteiger partial charge is 0.309 e. The zero-order valence-corrected chi connectivity index (χ0v) is 13.1. The lowest BCUT2D eigenvalue weighted by Crippen LogP contribution is -2.49. The first-order chi connectivity index (χ1) is 10.4. The predicted octanol–water partition coefficient (Wildman–Crippen LogP) is 1.71. The highest BCUT2D eigenvalue weighted by atomic mass is 16.5. The molecule has 0 heterocycles. The molecule has 22 heavy (non-hydrogen) atoms. The van der Waals surface area contributed by atoms with E-state index in [9.17, 15) is 20.1 Å². The molecular formula is C17H24O5. The van der Waals surface area contributed by atoms with Crippen LogP contribution in [-0.2, 0) is 9.53 Å². The number of aliphatic hydroxyl groups is 2. The fraction of sp³-hybridized carbons (Fsp3) is 0.706. The molecule has 3 aliphatic rings. The molecule has 5 nitrogen and oxygen atoms in total. The monoisotopic (exact) mass is 308 g/mol. The van der Waals surface area contributed by atoms with Crippen molar-refractivity contribution in [3.63, 3.8) is 0 Å². The van der Waals surface area contributed by atoms with Crippen molar-refractivity contribution in [2.75, 3.05) is 13.7 Å². The van der Waals surface area contributed by atoms with Crippen LogP contribution in [0.25, 0.3) is 0 Å². The van der Waals surface area contributed by atoms with Crippen molar-refractivity contribution in [1.29, 1.82) is 0 Å². The van der Waals surface area contributed by atoms with Crippen LogP contribution in [0.5, 0.6) is 0 Å². The summed E-state index contributed by atoms with van der Waals surface area (Å²) >= 11 is 0. The number of ether oxygens (including phenoxy) is 1. The summed E-state index contributed by atoms with van der Waals surface area (Å²) in [7, 11) is 1.63. The number of aliphatic hydroxyl groups excluding tert-OH is 2. The molecular weight excluding hydrogens is 284 g/mol. The summed E-state index contributed by atoms with van der Waals surface area (Å²) in [5.74, 6) is -0.560. The molecule has 0 saturated heterocycles. The number of carboxylic acid groups (broad SMARTS) is 1. The van der Waals surface area contributed by atoms with E-state index in [0.717, 1.165) is 16.9 Å². The molecule has 0 aromatic heterocycles. The number of methoxy groups -OCH3 is 1. The maximum atomic E-state index is 11.9. The van der Waals surface area contributed by atoms with Gasteiger partial charge in [-0.3, -0.25) is 4.79 Å². The minimum absolute atomic E-state index is 0.0768. The van der Waals surface area contributed by atoms with E-state index in [2.05, 4.69) is 0 Å². The van der Waals surface area contributed by atoms with Crippen molar-refractivity contribution in [3.05, 3.63) is 23.0 Å². The van der Waals surface area contributed by atoms with Crippen molar-refractivity contribution >= 4 is 5.97 Å². The lowest BCUT2D eigenvalue weighted by Gasteiger charge is -2.45. The van der Waals surface area contributed by atoms with Gasteiger partial charge in [0.2, 0.25) is 0 Å². The third kappa shape index (κ3) is 2.02. The molecule has 0 aliphatic heterocycles. The average molecular weight is 308 g/mol. The van der Waals surface area contributed by atoms with Gasteiger partial charge in [0, 0.05) is 24.9 Å². The molecule has 3 aliphatic carbocycles. The van der Waals surface area contributed by atoms with Crippen LogP contribution in [0, 0.1) is 23.2 Å². The van der Waals surface area contributed by atoms with Crippen molar-refractivity contribution in [2.45, 2.75) is 38.7 Å². The van der Waals surface area contributed by atoms with Gasteiger partial charge in [0.15, 0.2) is 0 Å². The van der Waals surface area contributed by atoms with Gasteiger partial charge in [0.25, 0.3) is 0 Å². The number of rotatable bonds is 3. The summed E-state index contributed by atoms with van der Waals surface area (Å²) in [6.45, 7) is 1.69. The first kappa shape index (κ1) is 15.6. The third-order valence-electron chi connectivity index (χ3n) is 6.05. The van der Waals surface area contributed by atoms with Crippen LogP contribution in [0.1, 0.15) is 32.6 Å². The van der Waals surface area contributed by atoms with Crippen LogP contribution >= 0.6 is 0 Å². The van der Waals surface area contributed by atoms with E-state index >= 15 is 0 Å². The number of carbonyl (C=O) groups is 1. The lowest BCUT2D eigenvalue weighted by atomic mass is 9.59. The molecule has 0 radical (unpaired) electrons. The average Bonchev–Trinajstić information content (AvgIpc) is 2.85. The van der Waals surface area contributed by atoms with Gasteiger partial charge in [-0.1, -0.05) is 11.1 Å². The minimum atomic E-state index is -0.901. The van der Waals surface area contributed by atoms with Crippen molar-refractivity contribution in [1.82, 2.24) is 0 Å². The van der Waals surface area contributed by atoms with Crippen LogP contribution in [-0.4, -0.2) is 41.1 Å². The minimum Gasteiger partial charge on any atom is -0.501 e. The SMILES string of the molecule is COC1=CCC2=C(C1)[C@@H](CO)[C@H]1[C@@H]2[C@H](O)CC[C@@]1(C)C(=O)O. The third-order valence-corrected chi connectivity index (χ3v) is 6.05. The molecule has 3 N–H and O–H groups in total. The van der Waals surface area contributed by atoms with Crippen LogP contribution in [0.15, 0.2) is 23.0 Å². The Morgan fingerprint density at radius 2 is 2.18 bits per heavy atom. The second-order valence-electron chi connectivity index (χ2n) is 6.98. The van der Waals surface area contributed by atoms with Crippen molar-refractivity contribution < 1.29 is 24.9 Å². The van der Waals surface area contributed by atoms with E-state index in [1.165, 1.54) is 0 Å². The van der Waals surface area contributed by atoms with E-state index in [1.807, 2.05) is 6.08 Å². The van der Waals surface area contributed by atoms with E-state index in [4.69, 9.17) is 4.74 Å². The molecule has 0 spiro atoms. The van der Waals surface area contributed by atoms with Gasteiger partial charge >= 0.3 is 5.97 Å². The van der Waals surface area contributed by atoms with Crippen molar-refractivity contribution in [3.8, 4) is 0 Å². The summed E-state index contributed by atoms with van der Waals surface area (Å²) in [6.07, 6.45) is 3.74. The first-order valence-electron chi connectivity index (χ1n) is 7.91. The molecule has 3 rings (SSSR count). The van der Waals surface area contributed by atoms with Gasteiger partial charge in [-0.15, -0.1) is 0 Å². The van der Waals surface area contributed by atoms with Gasteiger partial charge in [0.05, 0.1) is 24.4 Å². The number of hydrogen-bond acceptors (Lipinski definition) is 4. The van der Waals surface area contributed by atoms with Crippen molar-refractivity contribution in [2.24, 2.45) is 23.2 Å². The zero-order chi connectivity index (χ0) is 16.1. The lowest BCUT2D eigenvalue weighted by molar-refractivity contribution is -0.160. The number of fused-ring (bicyclic) bond motifs is 2. The molecule has 5 atom stereocenters. The maximum absolute atomic E-state index is 11.9. The Morgan fingerprint density at radius 1 is 1.45 bits per heavy atom. The quantitative estimate of drug-likeness (QED) is 0.691. The van der Waals surface area contributed by atoms with E-state index in [0.29, 0.717) is 25.7 Å². The highest BCUT2D eigenvalue weighted by Gasteiger charge is 2.58. The number of hydrogen-bond donors (Lipinski definition) is 3. The fourth-order valence-electron chi connectivity index (χ4n) is 4.87. The summed E-state index contributed by atoms with van der Waals surface area (Å²) in [4.78, 5) is 11.9. The van der Waals surface area contributed by atoms with Gasteiger partial charge < -0.3 is 20.1 Å². The molecule has 0 amide bonds. The van der Waals surface area contributed by atoms with Gasteiger partial charge in [-0.05, 0) is 38.2 Å². The number of allylic oxidation sites excluding steroid dienone is 2. The maximum Gasteiger partial charge on any atom is 0.309 e. The predicted molar refractivity (Wildman–Crippen MR) is 79.9 cm³/mol. The first-order valence-corrected chi connectivity index (χ1v) is 7.91. The highest BCUT2D eigenvalue weighted by molar-refractivity contribution is 5.75. The fourth-order valence-corrected chi connectivity index (χ4v) is 4.87. The van der Waals surface area contributed by atoms with E-state index in [-0.39, 0.29) is 24.4 Å². The molecule has 5 heteroatoms. The molecule has 1 fully saturated rings. The summed E-state index contributed by atoms with van der Waals surface area (Å²) in [5, 5.41) is 30.2. The van der Waals surface area contributed by atoms with Gasteiger partial charge in [-0.2, -0.15) is 0 Å². The second kappa shape index (κ2) is 5.39. The summed E-state index contributed by atoms with van der Waals surface area (Å²) < 4.78 is 5.34. The Bertz CT molecular complexity index is 549. The molecule has 122 valence electrons.